The molecule has 0 unspecified atom stereocenters. The van der Waals surface area contributed by atoms with Crippen LogP contribution in [-0.4, -0.2) is 25.1 Å². The fraction of sp³-hybridized carbons (Fsp3) is 0.263. The van der Waals surface area contributed by atoms with E-state index in [0.717, 1.165) is 18.4 Å². The number of ether oxygens (including phenoxy) is 1. The second kappa shape index (κ2) is 7.25. The monoisotopic (exact) mass is 339 g/mol. The van der Waals surface area contributed by atoms with Crippen molar-refractivity contribution < 1.29 is 14.3 Å². The molecule has 130 valence electrons. The van der Waals surface area contributed by atoms with Crippen LogP contribution in [0.1, 0.15) is 28.8 Å². The van der Waals surface area contributed by atoms with E-state index in [0.29, 0.717) is 28.7 Å². The molecular formula is C19H21N3O3. The van der Waals surface area contributed by atoms with E-state index in [1.54, 1.807) is 43.5 Å². The van der Waals surface area contributed by atoms with Gasteiger partial charge in [-0.1, -0.05) is 6.07 Å². The van der Waals surface area contributed by atoms with Crippen molar-refractivity contribution in [3.63, 3.8) is 0 Å². The summed E-state index contributed by atoms with van der Waals surface area (Å²) in [7, 11) is 1.58. The van der Waals surface area contributed by atoms with Gasteiger partial charge in [0, 0.05) is 23.0 Å². The first-order valence-corrected chi connectivity index (χ1v) is 8.19. The molecule has 0 aromatic heterocycles. The maximum atomic E-state index is 12.3. The fourth-order valence-electron chi connectivity index (χ4n) is 2.38. The van der Waals surface area contributed by atoms with Gasteiger partial charge in [-0.2, -0.15) is 0 Å². The number of amides is 3. The second-order valence-corrected chi connectivity index (χ2v) is 6.09. The number of nitrogens with one attached hydrogen (secondary N) is 3. The molecule has 0 heterocycles. The Morgan fingerprint density at radius 3 is 2.24 bits per heavy atom. The van der Waals surface area contributed by atoms with Gasteiger partial charge in [-0.15, -0.1) is 0 Å². The van der Waals surface area contributed by atoms with E-state index in [1.165, 1.54) is 0 Å². The van der Waals surface area contributed by atoms with Crippen LogP contribution in [0, 0.1) is 6.92 Å². The van der Waals surface area contributed by atoms with Gasteiger partial charge >= 0.3 is 6.03 Å². The van der Waals surface area contributed by atoms with Gasteiger partial charge in [0.25, 0.3) is 5.91 Å². The Bertz CT molecular complexity index is 783. The molecule has 6 nitrogen and oxygen atoms in total. The van der Waals surface area contributed by atoms with Gasteiger partial charge in [-0.3, -0.25) is 4.79 Å². The molecule has 1 saturated carbocycles. The Labute approximate surface area is 146 Å². The van der Waals surface area contributed by atoms with Crippen molar-refractivity contribution in [3.05, 3.63) is 53.6 Å². The molecule has 25 heavy (non-hydrogen) atoms. The van der Waals surface area contributed by atoms with E-state index in [1.807, 2.05) is 13.0 Å². The van der Waals surface area contributed by atoms with E-state index in [2.05, 4.69) is 16.0 Å². The van der Waals surface area contributed by atoms with Crippen LogP contribution in [0.3, 0.4) is 0 Å². The molecule has 0 saturated heterocycles. The van der Waals surface area contributed by atoms with Crippen LogP contribution in [0.4, 0.5) is 16.2 Å². The third-order valence-corrected chi connectivity index (χ3v) is 3.98. The van der Waals surface area contributed by atoms with Crippen molar-refractivity contribution in [1.29, 1.82) is 0 Å². The Hall–Kier alpha value is -3.02. The minimum atomic E-state index is -0.217. The lowest BCUT2D eigenvalue weighted by atomic mass is 10.1. The largest absolute Gasteiger partial charge is 0.496 e. The predicted octanol–water partition coefficient (Wildman–Crippen LogP) is 3.54. The normalized spacial score (nSPS) is 13.0. The number of carbonyl (C=O) groups excluding carboxylic acids is 2. The molecule has 3 N–H and O–H groups in total. The summed E-state index contributed by atoms with van der Waals surface area (Å²) in [6.07, 6.45) is 2.09. The topological polar surface area (TPSA) is 79.5 Å². The smallest absolute Gasteiger partial charge is 0.319 e. The summed E-state index contributed by atoms with van der Waals surface area (Å²) in [5, 5.41) is 8.45. The van der Waals surface area contributed by atoms with Gasteiger partial charge in [-0.25, -0.2) is 4.79 Å². The summed E-state index contributed by atoms with van der Waals surface area (Å²) in [6, 6.07) is 12.4. The van der Waals surface area contributed by atoms with Crippen LogP contribution in [0.25, 0.3) is 0 Å². The number of carbonyl (C=O) groups is 2. The number of aryl methyl sites for hydroxylation is 1. The van der Waals surface area contributed by atoms with E-state index >= 15 is 0 Å². The van der Waals surface area contributed by atoms with Gasteiger partial charge in [0.2, 0.25) is 0 Å². The molecule has 0 atom stereocenters. The van der Waals surface area contributed by atoms with E-state index < -0.39 is 0 Å². The molecule has 0 spiro atoms. The zero-order valence-corrected chi connectivity index (χ0v) is 14.3. The molecule has 1 aliphatic rings. The van der Waals surface area contributed by atoms with Crippen molar-refractivity contribution in [2.45, 2.75) is 25.8 Å². The quantitative estimate of drug-likeness (QED) is 0.779. The van der Waals surface area contributed by atoms with Crippen molar-refractivity contribution in [2.75, 3.05) is 17.7 Å². The van der Waals surface area contributed by atoms with Crippen LogP contribution >= 0.6 is 0 Å². The van der Waals surface area contributed by atoms with Crippen molar-refractivity contribution in [3.8, 4) is 5.75 Å². The van der Waals surface area contributed by atoms with Gasteiger partial charge < -0.3 is 20.7 Å². The number of methoxy groups -OCH3 is 1. The van der Waals surface area contributed by atoms with Gasteiger partial charge in [0.05, 0.1) is 7.11 Å². The minimum absolute atomic E-state index is 0.203. The summed E-state index contributed by atoms with van der Waals surface area (Å²) in [4.78, 5) is 24.0. The summed E-state index contributed by atoms with van der Waals surface area (Å²) >= 11 is 0. The van der Waals surface area contributed by atoms with E-state index in [9.17, 15) is 9.59 Å². The molecule has 1 fully saturated rings. The van der Waals surface area contributed by atoms with Crippen LogP contribution in [0.2, 0.25) is 0 Å². The van der Waals surface area contributed by atoms with Crippen LogP contribution in [-0.2, 0) is 0 Å². The predicted molar refractivity (Wildman–Crippen MR) is 97.3 cm³/mol. The number of benzene rings is 2. The first-order valence-electron chi connectivity index (χ1n) is 8.19. The standard InChI is InChI=1S/C19H21N3O3/c1-12-3-4-13(11-17(12)25-2)18(23)20-14-5-7-15(8-6-14)21-19(24)22-16-9-10-16/h3-8,11,16H,9-10H2,1-2H3,(H,20,23)(H2,21,22,24). The summed E-state index contributed by atoms with van der Waals surface area (Å²) < 4.78 is 5.24. The van der Waals surface area contributed by atoms with Gasteiger partial charge in [0.1, 0.15) is 5.75 Å². The zero-order valence-electron chi connectivity index (χ0n) is 14.3. The Balaban J connectivity index is 1.60. The SMILES string of the molecule is COc1cc(C(=O)Nc2ccc(NC(=O)NC3CC3)cc2)ccc1C. The van der Waals surface area contributed by atoms with Crippen molar-refractivity contribution in [1.82, 2.24) is 5.32 Å². The average molecular weight is 339 g/mol. The highest BCUT2D eigenvalue weighted by Crippen LogP contribution is 2.21. The summed E-state index contributed by atoms with van der Waals surface area (Å²) in [6.45, 7) is 1.92. The lowest BCUT2D eigenvalue weighted by Crippen LogP contribution is -2.30. The maximum absolute atomic E-state index is 12.3. The van der Waals surface area contributed by atoms with E-state index in [-0.39, 0.29) is 11.9 Å². The van der Waals surface area contributed by atoms with Crippen LogP contribution in [0.5, 0.6) is 5.75 Å². The Morgan fingerprint density at radius 1 is 1.00 bits per heavy atom. The Morgan fingerprint density at radius 2 is 1.64 bits per heavy atom. The third kappa shape index (κ3) is 4.50. The first kappa shape index (κ1) is 16.8. The highest BCUT2D eigenvalue weighted by atomic mass is 16.5. The average Bonchev–Trinajstić information content (AvgIpc) is 3.40. The minimum Gasteiger partial charge on any atom is -0.496 e. The second-order valence-electron chi connectivity index (χ2n) is 6.09. The molecule has 6 heteroatoms. The molecule has 3 amide bonds. The highest BCUT2D eigenvalue weighted by Gasteiger charge is 2.23. The van der Waals surface area contributed by atoms with Gasteiger partial charge in [-0.05, 0) is 61.7 Å². The molecular weight excluding hydrogens is 318 g/mol. The van der Waals surface area contributed by atoms with E-state index in [4.69, 9.17) is 4.74 Å². The number of hydrogen-bond donors (Lipinski definition) is 3. The molecule has 0 bridgehead atoms. The third-order valence-electron chi connectivity index (χ3n) is 3.98. The summed E-state index contributed by atoms with van der Waals surface area (Å²) in [5.74, 6) is 0.458. The molecule has 2 aromatic carbocycles. The molecule has 0 radical (unpaired) electrons. The fourth-order valence-corrected chi connectivity index (χ4v) is 2.38. The van der Waals surface area contributed by atoms with Crippen LogP contribution in [0.15, 0.2) is 42.5 Å². The van der Waals surface area contributed by atoms with Gasteiger partial charge in [0.15, 0.2) is 0 Å². The summed E-state index contributed by atoms with van der Waals surface area (Å²) in [5.41, 5.74) is 2.82. The van der Waals surface area contributed by atoms with Crippen LogP contribution < -0.4 is 20.7 Å². The number of hydrogen-bond acceptors (Lipinski definition) is 3. The first-order chi connectivity index (χ1) is 12.0. The lowest BCUT2D eigenvalue weighted by Gasteiger charge is -2.10. The molecule has 3 rings (SSSR count). The highest BCUT2D eigenvalue weighted by molar-refractivity contribution is 6.04. The molecule has 1 aliphatic carbocycles. The molecule has 0 aliphatic heterocycles. The van der Waals surface area contributed by atoms with Crippen molar-refractivity contribution >= 4 is 23.3 Å². The zero-order chi connectivity index (χ0) is 17.8. The number of anilines is 2. The van der Waals surface area contributed by atoms with Crippen molar-refractivity contribution in [2.24, 2.45) is 0 Å². The number of urea groups is 1. The lowest BCUT2D eigenvalue weighted by molar-refractivity contribution is 0.102. The molecule has 2 aromatic rings. The Kier molecular flexibility index (Phi) is 4.88. The maximum Gasteiger partial charge on any atom is 0.319 e. The number of rotatable bonds is 5.